The van der Waals surface area contributed by atoms with Crippen molar-refractivity contribution in [2.24, 2.45) is 5.92 Å². The van der Waals surface area contributed by atoms with Crippen LogP contribution in [0.4, 0.5) is 4.79 Å². The van der Waals surface area contributed by atoms with Crippen LogP contribution in [0.3, 0.4) is 0 Å². The van der Waals surface area contributed by atoms with E-state index in [1.165, 1.54) is 6.08 Å². The maximum absolute atomic E-state index is 12.8. The third-order valence-corrected chi connectivity index (χ3v) is 5.07. The van der Waals surface area contributed by atoms with Crippen LogP contribution in [0.25, 0.3) is 0 Å². The molecule has 1 aromatic carbocycles. The van der Waals surface area contributed by atoms with Gasteiger partial charge in [-0.05, 0) is 31.2 Å². The summed E-state index contributed by atoms with van der Waals surface area (Å²) in [5, 5.41) is 3.91. The highest BCUT2D eigenvalue weighted by Gasteiger charge is 2.32. The fraction of sp³-hybridized carbons (Fsp3) is 0.526. The number of hydrogen-bond donors (Lipinski definition) is 1. The molecule has 25 heavy (non-hydrogen) atoms. The Morgan fingerprint density at radius 2 is 2.12 bits per heavy atom. The number of sulfone groups is 1. The molecule has 0 spiro atoms. The number of carbonyl (C=O) groups is 1. The molecule has 2 amide bonds. The Kier molecular flexibility index (Phi) is 5.67. The summed E-state index contributed by atoms with van der Waals surface area (Å²) >= 11 is 0. The lowest BCUT2D eigenvalue weighted by Gasteiger charge is -2.40. The second kappa shape index (κ2) is 8.52. The minimum atomic E-state index is -3.24. The number of benzene rings is 1. The van der Waals surface area contributed by atoms with E-state index in [1.807, 2.05) is 30.3 Å². The van der Waals surface area contributed by atoms with Gasteiger partial charge in [0.2, 0.25) is 0 Å². The molecule has 1 saturated heterocycles. The van der Waals surface area contributed by atoms with Crippen LogP contribution < -0.4 is 5.32 Å². The van der Waals surface area contributed by atoms with Crippen molar-refractivity contribution < 1.29 is 16.0 Å². The SMILES string of the molecule is [2H]C([2H])(C)[C@@H]1CCN(C(=O)N[C@@H](C)/C=C/S(C)(=O)=O)[C@H](c2ccccc2)C1. The van der Waals surface area contributed by atoms with Crippen molar-refractivity contribution in [3.63, 3.8) is 0 Å². The zero-order valence-corrected chi connectivity index (χ0v) is 15.8. The van der Waals surface area contributed by atoms with Crippen LogP contribution in [0.15, 0.2) is 41.8 Å². The molecular weight excluding hydrogens is 336 g/mol. The smallest absolute Gasteiger partial charge is 0.318 e. The predicted molar refractivity (Wildman–Crippen MR) is 101 cm³/mol. The highest BCUT2D eigenvalue weighted by molar-refractivity contribution is 7.93. The van der Waals surface area contributed by atoms with Gasteiger partial charge >= 0.3 is 6.03 Å². The molecule has 0 aliphatic carbocycles. The monoisotopic (exact) mass is 366 g/mol. The van der Waals surface area contributed by atoms with Gasteiger partial charge in [-0.3, -0.25) is 0 Å². The van der Waals surface area contributed by atoms with E-state index < -0.39 is 22.3 Å². The molecule has 6 heteroatoms. The molecule has 0 aromatic heterocycles. The summed E-state index contributed by atoms with van der Waals surface area (Å²) in [6.07, 6.45) is 2.39. The van der Waals surface area contributed by atoms with Crippen LogP contribution in [0.2, 0.25) is 0 Å². The summed E-state index contributed by atoms with van der Waals surface area (Å²) < 4.78 is 38.6. The van der Waals surface area contributed by atoms with Crippen LogP contribution in [-0.2, 0) is 9.84 Å². The molecule has 1 aliphatic rings. The van der Waals surface area contributed by atoms with E-state index in [0.29, 0.717) is 19.4 Å². The normalized spacial score (nSPS) is 24.5. The van der Waals surface area contributed by atoms with Crippen molar-refractivity contribution in [3.8, 4) is 0 Å². The van der Waals surface area contributed by atoms with Gasteiger partial charge in [-0.1, -0.05) is 49.7 Å². The van der Waals surface area contributed by atoms with Gasteiger partial charge in [-0.25, -0.2) is 13.2 Å². The minimum Gasteiger partial charge on any atom is -0.332 e. The molecule has 3 atom stereocenters. The number of nitrogens with zero attached hydrogens (tertiary/aromatic N) is 1. The molecule has 0 bridgehead atoms. The maximum Gasteiger partial charge on any atom is 0.318 e. The molecule has 0 radical (unpaired) electrons. The fourth-order valence-corrected chi connectivity index (χ4v) is 3.57. The number of likely N-dealkylation sites (tertiary alicyclic amines) is 1. The summed E-state index contributed by atoms with van der Waals surface area (Å²) in [4.78, 5) is 14.5. The number of hydrogen-bond acceptors (Lipinski definition) is 3. The number of piperidine rings is 1. The predicted octanol–water partition coefficient (Wildman–Crippen LogP) is 3.51. The summed E-state index contributed by atoms with van der Waals surface area (Å²) in [5.41, 5.74) is 0.973. The van der Waals surface area contributed by atoms with Crippen molar-refractivity contribution in [1.82, 2.24) is 10.2 Å². The lowest BCUT2D eigenvalue weighted by Crippen LogP contribution is -2.48. The van der Waals surface area contributed by atoms with Gasteiger partial charge < -0.3 is 10.2 Å². The highest BCUT2D eigenvalue weighted by Crippen LogP contribution is 2.35. The Labute approximate surface area is 153 Å². The third kappa shape index (κ3) is 5.88. The Morgan fingerprint density at radius 3 is 2.72 bits per heavy atom. The number of urea groups is 1. The van der Waals surface area contributed by atoms with E-state index in [1.54, 1.807) is 18.7 Å². The Hall–Kier alpha value is -1.82. The Morgan fingerprint density at radius 1 is 1.44 bits per heavy atom. The van der Waals surface area contributed by atoms with Crippen molar-refractivity contribution in [2.45, 2.75) is 45.1 Å². The van der Waals surface area contributed by atoms with E-state index >= 15 is 0 Å². The minimum absolute atomic E-state index is 0.130. The first-order chi connectivity index (χ1) is 12.5. The van der Waals surface area contributed by atoms with Crippen molar-refractivity contribution in [3.05, 3.63) is 47.4 Å². The average molecular weight is 367 g/mol. The van der Waals surface area contributed by atoms with Gasteiger partial charge in [0, 0.05) is 27.0 Å². The number of nitrogens with one attached hydrogen (secondary N) is 1. The quantitative estimate of drug-likeness (QED) is 0.867. The van der Waals surface area contributed by atoms with Gasteiger partial charge in [-0.2, -0.15) is 0 Å². The van der Waals surface area contributed by atoms with Crippen LogP contribution in [0.1, 0.15) is 47.4 Å². The molecule has 5 nitrogen and oxygen atoms in total. The van der Waals surface area contributed by atoms with E-state index in [9.17, 15) is 13.2 Å². The fourth-order valence-electron chi connectivity index (χ4n) is 3.05. The summed E-state index contributed by atoms with van der Waals surface area (Å²) in [7, 11) is -3.24. The molecular formula is C19H28N2O3S. The standard InChI is InChI=1S/C19H28N2O3S/c1-4-16-10-12-21(18(14-16)17-8-6-5-7-9-17)19(22)20-15(2)11-13-25(3,23)24/h5-9,11,13,15-16,18H,4,10,12,14H2,1-3H3,(H,20,22)/b13-11+/t15-,16+,18-/m0/s1/i4D2. The van der Waals surface area contributed by atoms with Gasteiger partial charge in [0.15, 0.2) is 9.84 Å². The van der Waals surface area contributed by atoms with Gasteiger partial charge in [0.05, 0.1) is 6.04 Å². The first-order valence-corrected chi connectivity index (χ1v) is 10.4. The maximum atomic E-state index is 12.8. The highest BCUT2D eigenvalue weighted by atomic mass is 32.2. The van der Waals surface area contributed by atoms with E-state index in [0.717, 1.165) is 17.2 Å². The molecule has 1 aliphatic heterocycles. The Bertz CT molecular complexity index is 776. The molecule has 1 heterocycles. The largest absolute Gasteiger partial charge is 0.332 e. The van der Waals surface area contributed by atoms with Gasteiger partial charge in [0.25, 0.3) is 0 Å². The molecule has 1 fully saturated rings. The third-order valence-electron chi connectivity index (χ3n) is 4.42. The van der Waals surface area contributed by atoms with E-state index in [-0.39, 0.29) is 18.0 Å². The molecule has 1 N–H and O–H groups in total. The summed E-state index contributed by atoms with van der Waals surface area (Å²) in [6.45, 7) is 3.76. The van der Waals surface area contributed by atoms with Gasteiger partial charge in [-0.15, -0.1) is 0 Å². The van der Waals surface area contributed by atoms with Crippen LogP contribution in [-0.4, -0.2) is 38.2 Å². The lowest BCUT2D eigenvalue weighted by molar-refractivity contribution is 0.125. The molecule has 0 unspecified atom stereocenters. The Balaban J connectivity index is 2.17. The second-order valence-corrected chi connectivity index (χ2v) is 8.46. The molecule has 1 aromatic rings. The summed E-state index contributed by atoms with van der Waals surface area (Å²) in [5.74, 6) is -0.130. The zero-order chi connectivity index (χ0) is 20.2. The van der Waals surface area contributed by atoms with E-state index in [4.69, 9.17) is 2.74 Å². The van der Waals surface area contributed by atoms with Crippen LogP contribution in [0.5, 0.6) is 0 Å². The first-order valence-electron chi connectivity index (χ1n) is 9.47. The first kappa shape index (κ1) is 16.6. The summed E-state index contributed by atoms with van der Waals surface area (Å²) in [6, 6.07) is 8.71. The van der Waals surface area contributed by atoms with Crippen molar-refractivity contribution >= 4 is 15.9 Å². The van der Waals surface area contributed by atoms with Crippen molar-refractivity contribution in [2.75, 3.05) is 12.8 Å². The van der Waals surface area contributed by atoms with Gasteiger partial charge in [0.1, 0.15) is 0 Å². The number of amides is 2. The topological polar surface area (TPSA) is 66.5 Å². The number of carbonyl (C=O) groups excluding carboxylic acids is 1. The van der Waals surface area contributed by atoms with Crippen LogP contribution >= 0.6 is 0 Å². The zero-order valence-electron chi connectivity index (χ0n) is 17.0. The molecule has 2 rings (SSSR count). The molecule has 138 valence electrons. The van der Waals surface area contributed by atoms with Crippen molar-refractivity contribution in [1.29, 1.82) is 0 Å². The average Bonchev–Trinajstić information content (AvgIpc) is 2.59. The van der Waals surface area contributed by atoms with E-state index in [2.05, 4.69) is 5.32 Å². The van der Waals surface area contributed by atoms with Crippen LogP contribution in [0, 0.1) is 5.92 Å². The second-order valence-electron chi connectivity index (χ2n) is 6.53. The lowest BCUT2D eigenvalue weighted by atomic mass is 9.86. The molecule has 0 saturated carbocycles. The number of rotatable bonds is 5.